The van der Waals surface area contributed by atoms with Gasteiger partial charge in [0, 0.05) is 36.8 Å². The SMILES string of the molecule is CNCc1cccc(-c2ccc(SC3CCOCC3)nc2)c1. The van der Waals surface area contributed by atoms with Gasteiger partial charge in [0.05, 0.1) is 5.03 Å². The molecule has 0 saturated carbocycles. The maximum atomic E-state index is 5.41. The molecule has 1 aliphatic heterocycles. The Morgan fingerprint density at radius 3 is 2.77 bits per heavy atom. The molecule has 1 aromatic carbocycles. The van der Waals surface area contributed by atoms with Crippen LogP contribution in [0.5, 0.6) is 0 Å². The van der Waals surface area contributed by atoms with Crippen LogP contribution in [0.1, 0.15) is 18.4 Å². The molecule has 1 N–H and O–H groups in total. The van der Waals surface area contributed by atoms with Gasteiger partial charge in [-0.25, -0.2) is 4.98 Å². The van der Waals surface area contributed by atoms with Crippen LogP contribution >= 0.6 is 11.8 Å². The van der Waals surface area contributed by atoms with Crippen molar-refractivity contribution in [1.82, 2.24) is 10.3 Å². The Kier molecular flexibility index (Phi) is 5.48. The molecule has 0 amide bonds. The zero-order chi connectivity index (χ0) is 15.2. The first-order valence-corrected chi connectivity index (χ1v) is 8.67. The van der Waals surface area contributed by atoms with Crippen molar-refractivity contribution in [2.45, 2.75) is 29.7 Å². The van der Waals surface area contributed by atoms with E-state index in [0.29, 0.717) is 5.25 Å². The summed E-state index contributed by atoms with van der Waals surface area (Å²) in [6, 6.07) is 12.9. The maximum absolute atomic E-state index is 5.41. The molecule has 1 aliphatic rings. The number of ether oxygens (including phenoxy) is 1. The molecular weight excluding hydrogens is 292 g/mol. The summed E-state index contributed by atoms with van der Waals surface area (Å²) >= 11 is 1.88. The fraction of sp³-hybridized carbons (Fsp3) is 0.389. The van der Waals surface area contributed by atoms with E-state index in [1.165, 1.54) is 16.7 Å². The fourth-order valence-electron chi connectivity index (χ4n) is 2.65. The molecule has 2 heterocycles. The lowest BCUT2D eigenvalue weighted by Gasteiger charge is -2.20. The zero-order valence-corrected chi connectivity index (χ0v) is 13.7. The van der Waals surface area contributed by atoms with Crippen LogP contribution in [0, 0.1) is 0 Å². The van der Waals surface area contributed by atoms with E-state index in [1.807, 2.05) is 25.0 Å². The largest absolute Gasteiger partial charge is 0.381 e. The average molecular weight is 314 g/mol. The second kappa shape index (κ2) is 7.77. The van der Waals surface area contributed by atoms with Crippen LogP contribution < -0.4 is 5.32 Å². The molecule has 0 radical (unpaired) electrons. The first-order valence-electron chi connectivity index (χ1n) is 7.79. The van der Waals surface area contributed by atoms with Gasteiger partial charge in [-0.2, -0.15) is 0 Å². The average Bonchev–Trinajstić information content (AvgIpc) is 2.57. The van der Waals surface area contributed by atoms with Crippen molar-refractivity contribution in [3.8, 4) is 11.1 Å². The van der Waals surface area contributed by atoms with Gasteiger partial charge < -0.3 is 10.1 Å². The van der Waals surface area contributed by atoms with E-state index in [9.17, 15) is 0 Å². The summed E-state index contributed by atoms with van der Waals surface area (Å²) in [4.78, 5) is 4.63. The van der Waals surface area contributed by atoms with Gasteiger partial charge in [-0.3, -0.25) is 0 Å². The van der Waals surface area contributed by atoms with E-state index < -0.39 is 0 Å². The summed E-state index contributed by atoms with van der Waals surface area (Å²) in [5, 5.41) is 4.95. The van der Waals surface area contributed by atoms with E-state index in [4.69, 9.17) is 4.74 Å². The Morgan fingerprint density at radius 1 is 1.18 bits per heavy atom. The fourth-order valence-corrected chi connectivity index (χ4v) is 3.68. The summed E-state index contributed by atoms with van der Waals surface area (Å²) in [5.74, 6) is 0. The smallest absolute Gasteiger partial charge is 0.0963 e. The topological polar surface area (TPSA) is 34.1 Å². The second-order valence-corrected chi connectivity index (χ2v) is 6.87. The summed E-state index contributed by atoms with van der Waals surface area (Å²) in [7, 11) is 1.97. The Hall–Kier alpha value is -1.36. The molecule has 3 nitrogen and oxygen atoms in total. The summed E-state index contributed by atoms with van der Waals surface area (Å²) in [6.45, 7) is 2.65. The number of hydrogen-bond acceptors (Lipinski definition) is 4. The first kappa shape index (κ1) is 15.5. The third-order valence-corrected chi connectivity index (χ3v) is 5.12. The number of aromatic nitrogens is 1. The Balaban J connectivity index is 1.69. The van der Waals surface area contributed by atoms with Crippen molar-refractivity contribution < 1.29 is 4.74 Å². The van der Waals surface area contributed by atoms with E-state index >= 15 is 0 Å². The van der Waals surface area contributed by atoms with Gasteiger partial charge in [0.2, 0.25) is 0 Å². The molecule has 1 fully saturated rings. The lowest BCUT2D eigenvalue weighted by molar-refractivity contribution is 0.1000. The summed E-state index contributed by atoms with van der Waals surface area (Å²) < 4.78 is 5.41. The van der Waals surface area contributed by atoms with Crippen LogP contribution in [0.4, 0.5) is 0 Å². The van der Waals surface area contributed by atoms with Crippen LogP contribution in [-0.4, -0.2) is 30.5 Å². The number of rotatable bonds is 5. The molecular formula is C18H22N2OS. The standard InChI is InChI=1S/C18H22N2OS/c1-19-12-14-3-2-4-15(11-14)16-5-6-18(20-13-16)22-17-7-9-21-10-8-17/h2-6,11,13,17,19H,7-10,12H2,1H3. The molecule has 2 aromatic rings. The molecule has 0 unspecified atom stereocenters. The highest BCUT2D eigenvalue weighted by atomic mass is 32.2. The van der Waals surface area contributed by atoms with Crippen molar-refractivity contribution >= 4 is 11.8 Å². The van der Waals surface area contributed by atoms with E-state index in [2.05, 4.69) is 46.7 Å². The van der Waals surface area contributed by atoms with Gasteiger partial charge in [-0.1, -0.05) is 24.3 Å². The predicted molar refractivity (Wildman–Crippen MR) is 92.1 cm³/mol. The Labute approximate surface area is 136 Å². The van der Waals surface area contributed by atoms with Crippen molar-refractivity contribution in [1.29, 1.82) is 0 Å². The highest BCUT2D eigenvalue weighted by Gasteiger charge is 2.15. The predicted octanol–water partition coefficient (Wildman–Crippen LogP) is 3.74. The van der Waals surface area contributed by atoms with Gasteiger partial charge in [0.1, 0.15) is 0 Å². The molecule has 0 spiro atoms. The van der Waals surface area contributed by atoms with Crippen LogP contribution in [0.3, 0.4) is 0 Å². The quantitative estimate of drug-likeness (QED) is 0.911. The monoisotopic (exact) mass is 314 g/mol. The van der Waals surface area contributed by atoms with Crippen LogP contribution in [-0.2, 0) is 11.3 Å². The minimum absolute atomic E-state index is 0.644. The van der Waals surface area contributed by atoms with Gasteiger partial charge in [0.25, 0.3) is 0 Å². The molecule has 0 bridgehead atoms. The third-order valence-electron chi connectivity index (χ3n) is 3.83. The molecule has 1 aromatic heterocycles. The number of thioether (sulfide) groups is 1. The number of nitrogens with zero attached hydrogens (tertiary/aromatic N) is 1. The number of pyridine rings is 1. The number of nitrogens with one attached hydrogen (secondary N) is 1. The number of hydrogen-bond donors (Lipinski definition) is 1. The number of benzene rings is 1. The van der Waals surface area contributed by atoms with Gasteiger partial charge >= 0.3 is 0 Å². The van der Waals surface area contributed by atoms with Crippen LogP contribution in [0.15, 0.2) is 47.6 Å². The molecule has 4 heteroatoms. The van der Waals surface area contributed by atoms with Crippen LogP contribution in [0.25, 0.3) is 11.1 Å². The Bertz CT molecular complexity index is 594. The van der Waals surface area contributed by atoms with Crippen molar-refractivity contribution in [2.24, 2.45) is 0 Å². The molecule has 3 rings (SSSR count). The van der Waals surface area contributed by atoms with Crippen molar-refractivity contribution in [3.63, 3.8) is 0 Å². The van der Waals surface area contributed by atoms with E-state index in [0.717, 1.165) is 37.6 Å². The van der Waals surface area contributed by atoms with Gasteiger partial charge in [-0.15, -0.1) is 11.8 Å². The highest BCUT2D eigenvalue weighted by molar-refractivity contribution is 7.99. The minimum atomic E-state index is 0.644. The summed E-state index contributed by atoms with van der Waals surface area (Å²) in [5.41, 5.74) is 3.69. The first-order chi connectivity index (χ1) is 10.8. The van der Waals surface area contributed by atoms with E-state index in [-0.39, 0.29) is 0 Å². The van der Waals surface area contributed by atoms with Crippen LogP contribution in [0.2, 0.25) is 0 Å². The Morgan fingerprint density at radius 2 is 2.05 bits per heavy atom. The molecule has 22 heavy (non-hydrogen) atoms. The van der Waals surface area contributed by atoms with Gasteiger partial charge in [-0.05, 0) is 43.1 Å². The minimum Gasteiger partial charge on any atom is -0.381 e. The summed E-state index contributed by atoms with van der Waals surface area (Å²) in [6.07, 6.45) is 4.24. The molecule has 0 aliphatic carbocycles. The zero-order valence-electron chi connectivity index (χ0n) is 12.9. The van der Waals surface area contributed by atoms with E-state index in [1.54, 1.807) is 0 Å². The third kappa shape index (κ3) is 4.09. The van der Waals surface area contributed by atoms with Gasteiger partial charge in [0.15, 0.2) is 0 Å². The lowest BCUT2D eigenvalue weighted by atomic mass is 10.1. The second-order valence-electron chi connectivity index (χ2n) is 5.55. The normalized spacial score (nSPS) is 15.9. The lowest BCUT2D eigenvalue weighted by Crippen LogP contribution is -2.17. The van der Waals surface area contributed by atoms with Crippen molar-refractivity contribution in [3.05, 3.63) is 48.2 Å². The molecule has 1 saturated heterocycles. The molecule has 0 atom stereocenters. The maximum Gasteiger partial charge on any atom is 0.0963 e. The highest BCUT2D eigenvalue weighted by Crippen LogP contribution is 2.29. The van der Waals surface area contributed by atoms with Crippen molar-refractivity contribution in [2.75, 3.05) is 20.3 Å². The molecule has 116 valence electrons.